The maximum atomic E-state index is 13.2. The van der Waals surface area contributed by atoms with Crippen molar-refractivity contribution < 1.29 is 13.2 Å². The Morgan fingerprint density at radius 2 is 1.96 bits per heavy atom. The van der Waals surface area contributed by atoms with Gasteiger partial charge < -0.3 is 9.80 Å². The van der Waals surface area contributed by atoms with Gasteiger partial charge in [-0.2, -0.15) is 13.2 Å². The Kier molecular flexibility index (Phi) is 6.41. The average Bonchev–Trinajstić information content (AvgIpc) is 2.52. The molecule has 1 heterocycles. The lowest BCUT2D eigenvalue weighted by atomic mass is 10.1. The normalized spacial score (nSPS) is 15.6. The number of hydrogen-bond donors (Lipinski definition) is 0. The molecule has 0 unspecified atom stereocenters. The molecule has 25 heavy (non-hydrogen) atoms. The van der Waals surface area contributed by atoms with Crippen molar-refractivity contribution in [3.05, 3.63) is 59.2 Å². The Balaban J connectivity index is 2.43. The second-order valence-corrected chi connectivity index (χ2v) is 7.38. The number of anilines is 1. The molecular weight excluding hydrogens is 345 g/mol. The molecule has 0 atom stereocenters. The van der Waals surface area contributed by atoms with Crippen LogP contribution in [0.2, 0.25) is 0 Å². The van der Waals surface area contributed by atoms with Crippen molar-refractivity contribution in [2.75, 3.05) is 32.1 Å². The van der Waals surface area contributed by atoms with E-state index in [9.17, 15) is 13.2 Å². The van der Waals surface area contributed by atoms with E-state index in [1.165, 1.54) is 17.8 Å². The number of thioether (sulfide) groups is 1. The summed E-state index contributed by atoms with van der Waals surface area (Å²) >= 11 is 1.51. The van der Waals surface area contributed by atoms with E-state index in [1.54, 1.807) is 0 Å². The van der Waals surface area contributed by atoms with Gasteiger partial charge in [-0.05, 0) is 52.2 Å². The third-order valence-corrected chi connectivity index (χ3v) is 4.98. The number of halogens is 3. The van der Waals surface area contributed by atoms with Gasteiger partial charge in [0.25, 0.3) is 0 Å². The van der Waals surface area contributed by atoms with Crippen molar-refractivity contribution in [1.29, 1.82) is 0 Å². The standard InChI is InChI=1S/C19H23F3N2S/c1-5-15(19(20,21)22)13-17-14(2)25-18-10-7-6-9-16(18)24(17)12-8-11-23(3)4/h5-7,9-10,13H,1,8,11-12H2,2-4H3/b15-13+. The minimum atomic E-state index is -4.41. The number of hydrogen-bond acceptors (Lipinski definition) is 3. The summed E-state index contributed by atoms with van der Waals surface area (Å²) in [6.07, 6.45) is -1.47. The van der Waals surface area contributed by atoms with Gasteiger partial charge in [0.05, 0.1) is 17.0 Å². The Hall–Kier alpha value is -1.66. The van der Waals surface area contributed by atoms with E-state index in [-0.39, 0.29) is 0 Å². The third-order valence-electron chi connectivity index (χ3n) is 3.90. The summed E-state index contributed by atoms with van der Waals surface area (Å²) < 4.78 is 39.6. The summed E-state index contributed by atoms with van der Waals surface area (Å²) in [5.41, 5.74) is 0.822. The number of para-hydroxylation sites is 1. The number of allylic oxidation sites excluding steroid dienone is 4. The molecule has 2 rings (SSSR count). The first-order valence-electron chi connectivity index (χ1n) is 8.05. The molecule has 1 aromatic rings. The predicted molar refractivity (Wildman–Crippen MR) is 99.9 cm³/mol. The van der Waals surface area contributed by atoms with E-state index in [2.05, 4.69) is 11.5 Å². The Morgan fingerprint density at radius 1 is 1.28 bits per heavy atom. The number of rotatable bonds is 6. The summed E-state index contributed by atoms with van der Waals surface area (Å²) in [5.74, 6) is 0. The summed E-state index contributed by atoms with van der Waals surface area (Å²) in [6, 6.07) is 7.82. The van der Waals surface area contributed by atoms with E-state index in [0.29, 0.717) is 12.2 Å². The zero-order chi connectivity index (χ0) is 18.6. The third kappa shape index (κ3) is 4.92. The molecule has 1 aliphatic rings. The van der Waals surface area contributed by atoms with E-state index >= 15 is 0 Å². The Labute approximate surface area is 151 Å². The van der Waals surface area contributed by atoms with Gasteiger partial charge in [0.15, 0.2) is 0 Å². The maximum Gasteiger partial charge on any atom is 0.416 e. The predicted octanol–water partition coefficient (Wildman–Crippen LogP) is 5.46. The van der Waals surface area contributed by atoms with Gasteiger partial charge in [-0.1, -0.05) is 36.5 Å². The highest BCUT2D eigenvalue weighted by Crippen LogP contribution is 2.44. The van der Waals surface area contributed by atoms with Crippen LogP contribution in [-0.4, -0.2) is 38.3 Å². The van der Waals surface area contributed by atoms with E-state index in [0.717, 1.165) is 34.5 Å². The lowest BCUT2D eigenvalue weighted by molar-refractivity contribution is -0.0882. The highest BCUT2D eigenvalue weighted by atomic mass is 32.2. The second kappa shape index (κ2) is 8.15. The van der Waals surface area contributed by atoms with Crippen molar-refractivity contribution >= 4 is 17.4 Å². The average molecular weight is 368 g/mol. The Morgan fingerprint density at radius 3 is 2.56 bits per heavy atom. The fourth-order valence-electron chi connectivity index (χ4n) is 2.67. The van der Waals surface area contributed by atoms with Crippen LogP contribution in [0.1, 0.15) is 13.3 Å². The highest BCUT2D eigenvalue weighted by molar-refractivity contribution is 8.03. The topological polar surface area (TPSA) is 6.48 Å². The monoisotopic (exact) mass is 368 g/mol. The first-order valence-corrected chi connectivity index (χ1v) is 8.87. The van der Waals surface area contributed by atoms with E-state index in [4.69, 9.17) is 0 Å². The van der Waals surface area contributed by atoms with E-state index < -0.39 is 11.7 Å². The first-order chi connectivity index (χ1) is 11.7. The lowest BCUT2D eigenvalue weighted by Gasteiger charge is -2.34. The molecule has 136 valence electrons. The van der Waals surface area contributed by atoms with Crippen LogP contribution in [0.25, 0.3) is 0 Å². The molecule has 6 heteroatoms. The second-order valence-electron chi connectivity index (χ2n) is 6.12. The molecule has 0 saturated heterocycles. The number of benzene rings is 1. The van der Waals surface area contributed by atoms with Gasteiger partial charge in [0, 0.05) is 16.3 Å². The van der Waals surface area contributed by atoms with Gasteiger partial charge in [0.1, 0.15) is 0 Å². The molecule has 0 aliphatic carbocycles. The summed E-state index contributed by atoms with van der Waals surface area (Å²) in [6.45, 7) is 6.72. The lowest BCUT2D eigenvalue weighted by Crippen LogP contribution is -2.29. The van der Waals surface area contributed by atoms with Crippen LogP contribution in [-0.2, 0) is 0 Å². The Bertz CT molecular complexity index is 690. The van der Waals surface area contributed by atoms with Crippen LogP contribution in [0.5, 0.6) is 0 Å². The van der Waals surface area contributed by atoms with Crippen LogP contribution >= 0.6 is 11.8 Å². The van der Waals surface area contributed by atoms with Gasteiger partial charge in [-0.25, -0.2) is 0 Å². The van der Waals surface area contributed by atoms with E-state index in [1.807, 2.05) is 50.2 Å². The number of fused-ring (bicyclic) bond motifs is 1. The fraction of sp³-hybridized carbons (Fsp3) is 0.368. The van der Waals surface area contributed by atoms with Crippen LogP contribution in [0.3, 0.4) is 0 Å². The van der Waals surface area contributed by atoms with Crippen LogP contribution in [0.4, 0.5) is 18.9 Å². The van der Waals surface area contributed by atoms with Crippen molar-refractivity contribution in [3.8, 4) is 0 Å². The summed E-state index contributed by atoms with van der Waals surface area (Å²) in [5, 5.41) is 0. The molecule has 0 fully saturated rings. The molecule has 0 amide bonds. The molecule has 0 saturated carbocycles. The van der Waals surface area contributed by atoms with Crippen molar-refractivity contribution in [3.63, 3.8) is 0 Å². The summed E-state index contributed by atoms with van der Waals surface area (Å²) in [4.78, 5) is 5.97. The molecule has 1 aromatic carbocycles. The van der Waals surface area contributed by atoms with Crippen LogP contribution < -0.4 is 4.90 Å². The molecule has 0 aromatic heterocycles. The van der Waals surface area contributed by atoms with Gasteiger partial charge in [-0.15, -0.1) is 0 Å². The van der Waals surface area contributed by atoms with Gasteiger partial charge in [-0.3, -0.25) is 0 Å². The zero-order valence-corrected chi connectivity index (χ0v) is 15.5. The SMILES string of the molecule is C=C/C(=C\C1=C(C)Sc2ccccc2N1CCCN(C)C)C(F)(F)F. The molecule has 1 aliphatic heterocycles. The van der Waals surface area contributed by atoms with Crippen LogP contribution in [0, 0.1) is 0 Å². The van der Waals surface area contributed by atoms with Gasteiger partial charge in [0.2, 0.25) is 0 Å². The maximum absolute atomic E-state index is 13.2. The minimum absolute atomic E-state index is 0.592. The van der Waals surface area contributed by atoms with Crippen molar-refractivity contribution in [1.82, 2.24) is 4.90 Å². The van der Waals surface area contributed by atoms with Crippen molar-refractivity contribution in [2.24, 2.45) is 0 Å². The molecule has 0 radical (unpaired) electrons. The first kappa shape index (κ1) is 19.7. The van der Waals surface area contributed by atoms with Gasteiger partial charge >= 0.3 is 6.18 Å². The largest absolute Gasteiger partial charge is 0.416 e. The smallest absolute Gasteiger partial charge is 0.340 e. The minimum Gasteiger partial charge on any atom is -0.340 e. The van der Waals surface area contributed by atoms with Crippen LogP contribution in [0.15, 0.2) is 64.1 Å². The fourth-order valence-corrected chi connectivity index (χ4v) is 3.71. The quantitative estimate of drug-likeness (QED) is 0.616. The summed E-state index contributed by atoms with van der Waals surface area (Å²) in [7, 11) is 3.97. The van der Waals surface area contributed by atoms with Crippen molar-refractivity contribution in [2.45, 2.75) is 24.4 Å². The number of alkyl halides is 3. The molecule has 2 nitrogen and oxygen atoms in total. The number of nitrogens with zero attached hydrogens (tertiary/aromatic N) is 2. The molecule has 0 N–H and O–H groups in total. The zero-order valence-electron chi connectivity index (χ0n) is 14.7. The highest BCUT2D eigenvalue weighted by Gasteiger charge is 2.33. The molecular formula is C19H23F3N2S. The molecule has 0 bridgehead atoms. The molecule has 0 spiro atoms.